The van der Waals surface area contributed by atoms with Crippen LogP contribution in [0.1, 0.15) is 18.5 Å². The number of rotatable bonds is 5. The molecule has 0 aliphatic heterocycles. The molecule has 0 saturated carbocycles. The number of imidazole rings is 1. The summed E-state index contributed by atoms with van der Waals surface area (Å²) >= 11 is 0. The molecular formula is C19H20N3O+. The van der Waals surface area contributed by atoms with E-state index in [1.807, 2.05) is 77.0 Å². The molecule has 0 saturated heterocycles. The molecule has 1 amide bonds. The highest BCUT2D eigenvalue weighted by Crippen LogP contribution is 2.12. The monoisotopic (exact) mass is 306 g/mol. The van der Waals surface area contributed by atoms with Gasteiger partial charge in [-0.25, -0.2) is 9.13 Å². The molecule has 1 atom stereocenters. The Hall–Kier alpha value is -2.88. The minimum atomic E-state index is -0.0166. The average molecular weight is 306 g/mol. The molecule has 1 aromatic heterocycles. The first-order valence-electron chi connectivity index (χ1n) is 7.65. The first kappa shape index (κ1) is 15.0. The molecule has 0 fully saturated rings. The highest BCUT2D eigenvalue weighted by molar-refractivity contribution is 5.77. The normalized spacial score (nSPS) is 12.0. The molecule has 4 nitrogen and oxygen atoms in total. The molecule has 0 bridgehead atoms. The average Bonchev–Trinajstić information content (AvgIpc) is 2.93. The van der Waals surface area contributed by atoms with E-state index in [4.69, 9.17) is 0 Å². The van der Waals surface area contributed by atoms with Crippen molar-refractivity contribution in [1.29, 1.82) is 0 Å². The fraction of sp³-hybridized carbons (Fsp3) is 0.158. The standard InChI is InChI=1S/C19H19N3O/c1-3-21-14-22(18-12-8-7-11-17(18)21)13-19(23)20-15(2)16-9-5-4-6-10-16/h3-12,14-15H,1,13H2,2H3/p+1/t15-/m0/s1. The molecule has 0 radical (unpaired) electrons. The Morgan fingerprint density at radius 1 is 1.22 bits per heavy atom. The Balaban J connectivity index is 1.77. The number of amides is 1. The Kier molecular flexibility index (Phi) is 4.24. The van der Waals surface area contributed by atoms with Gasteiger partial charge in [0.15, 0.2) is 17.6 Å². The maximum atomic E-state index is 12.4. The highest BCUT2D eigenvalue weighted by atomic mass is 16.2. The lowest BCUT2D eigenvalue weighted by Crippen LogP contribution is -2.42. The van der Waals surface area contributed by atoms with Crippen LogP contribution >= 0.6 is 0 Å². The molecule has 0 unspecified atom stereocenters. The first-order chi connectivity index (χ1) is 11.2. The maximum Gasteiger partial charge on any atom is 0.262 e. The lowest BCUT2D eigenvalue weighted by molar-refractivity contribution is -0.659. The smallest absolute Gasteiger partial charge is 0.262 e. The van der Waals surface area contributed by atoms with Crippen molar-refractivity contribution in [3.8, 4) is 0 Å². The maximum absolute atomic E-state index is 12.4. The number of hydrogen-bond donors (Lipinski definition) is 1. The predicted molar refractivity (Wildman–Crippen MR) is 91.5 cm³/mol. The largest absolute Gasteiger partial charge is 0.346 e. The van der Waals surface area contributed by atoms with Crippen molar-refractivity contribution in [2.75, 3.05) is 0 Å². The van der Waals surface area contributed by atoms with Crippen LogP contribution in [0.2, 0.25) is 0 Å². The predicted octanol–water partition coefficient (Wildman–Crippen LogP) is 2.91. The third-order valence-electron chi connectivity index (χ3n) is 3.92. The van der Waals surface area contributed by atoms with E-state index in [9.17, 15) is 4.79 Å². The van der Waals surface area contributed by atoms with Crippen molar-refractivity contribution >= 4 is 23.1 Å². The van der Waals surface area contributed by atoms with Gasteiger partial charge in [0.1, 0.15) is 0 Å². The van der Waals surface area contributed by atoms with E-state index < -0.39 is 0 Å². The van der Waals surface area contributed by atoms with Crippen molar-refractivity contribution in [3.05, 3.63) is 73.1 Å². The van der Waals surface area contributed by atoms with Crippen LogP contribution in [0.15, 0.2) is 67.5 Å². The van der Waals surface area contributed by atoms with Crippen LogP contribution in [0.4, 0.5) is 0 Å². The summed E-state index contributed by atoms with van der Waals surface area (Å²) in [5.74, 6) is -0.0154. The van der Waals surface area contributed by atoms with Crippen LogP contribution in [0.5, 0.6) is 0 Å². The molecule has 3 aromatic rings. The summed E-state index contributed by atoms with van der Waals surface area (Å²) in [7, 11) is 0. The number of carbonyl (C=O) groups excluding carboxylic acids is 1. The zero-order chi connectivity index (χ0) is 16.2. The molecular weight excluding hydrogens is 286 g/mol. The minimum Gasteiger partial charge on any atom is -0.346 e. The molecule has 116 valence electrons. The summed E-state index contributed by atoms with van der Waals surface area (Å²) in [6.07, 6.45) is 3.63. The number of hydrogen-bond acceptors (Lipinski definition) is 1. The van der Waals surface area contributed by atoms with E-state index in [1.54, 1.807) is 6.20 Å². The molecule has 0 aliphatic rings. The van der Waals surface area contributed by atoms with Gasteiger partial charge in [0.2, 0.25) is 6.33 Å². The molecule has 2 aromatic carbocycles. The second kappa shape index (κ2) is 6.48. The third-order valence-corrected chi connectivity index (χ3v) is 3.92. The van der Waals surface area contributed by atoms with Crippen LogP contribution in [0.25, 0.3) is 17.2 Å². The summed E-state index contributed by atoms with van der Waals surface area (Å²) in [4.78, 5) is 12.4. The number of carbonyl (C=O) groups is 1. The van der Waals surface area contributed by atoms with Gasteiger partial charge in [-0.05, 0) is 24.6 Å². The molecule has 0 spiro atoms. The zero-order valence-electron chi connectivity index (χ0n) is 13.1. The fourth-order valence-corrected chi connectivity index (χ4v) is 2.74. The molecule has 1 N–H and O–H groups in total. The molecule has 23 heavy (non-hydrogen) atoms. The van der Waals surface area contributed by atoms with Crippen molar-refractivity contribution in [2.45, 2.75) is 19.5 Å². The van der Waals surface area contributed by atoms with Gasteiger partial charge in [0.25, 0.3) is 5.91 Å². The summed E-state index contributed by atoms with van der Waals surface area (Å²) < 4.78 is 3.85. The molecule has 1 heterocycles. The van der Waals surface area contributed by atoms with E-state index in [-0.39, 0.29) is 18.5 Å². The van der Waals surface area contributed by atoms with Gasteiger partial charge in [-0.2, -0.15) is 0 Å². The highest BCUT2D eigenvalue weighted by Gasteiger charge is 2.17. The van der Waals surface area contributed by atoms with Crippen LogP contribution < -0.4 is 9.88 Å². The van der Waals surface area contributed by atoms with E-state index in [1.165, 1.54) is 0 Å². The number of nitrogens with zero attached hydrogens (tertiary/aromatic N) is 2. The van der Waals surface area contributed by atoms with Crippen LogP contribution in [0, 0.1) is 0 Å². The van der Waals surface area contributed by atoms with Gasteiger partial charge in [0, 0.05) is 0 Å². The summed E-state index contributed by atoms with van der Waals surface area (Å²) in [5.41, 5.74) is 3.14. The minimum absolute atomic E-state index is 0.0154. The van der Waals surface area contributed by atoms with Gasteiger partial charge in [-0.15, -0.1) is 0 Å². The van der Waals surface area contributed by atoms with Crippen molar-refractivity contribution in [1.82, 2.24) is 9.88 Å². The van der Waals surface area contributed by atoms with E-state index >= 15 is 0 Å². The van der Waals surface area contributed by atoms with Crippen LogP contribution in [-0.4, -0.2) is 10.5 Å². The van der Waals surface area contributed by atoms with Gasteiger partial charge in [0.05, 0.1) is 12.2 Å². The van der Waals surface area contributed by atoms with Gasteiger partial charge in [-0.1, -0.05) is 49.0 Å². The Morgan fingerprint density at radius 2 is 1.91 bits per heavy atom. The fourth-order valence-electron chi connectivity index (χ4n) is 2.74. The van der Waals surface area contributed by atoms with E-state index in [2.05, 4.69) is 11.9 Å². The van der Waals surface area contributed by atoms with E-state index in [0.29, 0.717) is 0 Å². The van der Waals surface area contributed by atoms with Crippen molar-refractivity contribution < 1.29 is 9.36 Å². The second-order valence-electron chi connectivity index (χ2n) is 5.52. The first-order valence-corrected chi connectivity index (χ1v) is 7.65. The van der Waals surface area contributed by atoms with Gasteiger partial charge < -0.3 is 5.32 Å². The topological polar surface area (TPSA) is 37.9 Å². The number of benzene rings is 2. The summed E-state index contributed by atoms with van der Waals surface area (Å²) in [5, 5.41) is 3.04. The summed E-state index contributed by atoms with van der Waals surface area (Å²) in [6.45, 7) is 6.08. The molecule has 4 heteroatoms. The van der Waals surface area contributed by atoms with Gasteiger partial charge >= 0.3 is 0 Å². The Morgan fingerprint density at radius 3 is 2.65 bits per heavy atom. The van der Waals surface area contributed by atoms with Crippen LogP contribution in [0.3, 0.4) is 0 Å². The quantitative estimate of drug-likeness (QED) is 0.723. The van der Waals surface area contributed by atoms with Gasteiger partial charge in [-0.3, -0.25) is 4.79 Å². The molecule has 0 aliphatic carbocycles. The lowest BCUT2D eigenvalue weighted by Gasteiger charge is -2.13. The number of para-hydroxylation sites is 2. The lowest BCUT2D eigenvalue weighted by atomic mass is 10.1. The summed E-state index contributed by atoms with van der Waals surface area (Å²) in [6, 6.07) is 17.9. The second-order valence-corrected chi connectivity index (χ2v) is 5.52. The number of nitrogens with one attached hydrogen (secondary N) is 1. The molecule has 3 rings (SSSR count). The number of aromatic nitrogens is 2. The van der Waals surface area contributed by atoms with Crippen molar-refractivity contribution in [3.63, 3.8) is 0 Å². The SMILES string of the molecule is C=Cn1c[n+](CC(=O)N[C@@H](C)c2ccccc2)c2ccccc21. The Bertz CT molecular complexity index is 836. The number of fused-ring (bicyclic) bond motifs is 1. The Labute approximate surface area is 135 Å². The van der Waals surface area contributed by atoms with E-state index in [0.717, 1.165) is 16.6 Å². The third kappa shape index (κ3) is 3.16. The zero-order valence-corrected chi connectivity index (χ0v) is 13.1. The van der Waals surface area contributed by atoms with Crippen LogP contribution in [-0.2, 0) is 11.3 Å². The van der Waals surface area contributed by atoms with Crippen molar-refractivity contribution in [2.24, 2.45) is 0 Å².